The largest absolute Gasteiger partial charge is 0.491 e. The molecular weight excluding hydrogens is 444 g/mol. The van der Waals surface area contributed by atoms with E-state index in [9.17, 15) is 4.79 Å². The summed E-state index contributed by atoms with van der Waals surface area (Å²) in [5.74, 6) is 2.42. The number of ether oxygens (including phenoxy) is 1. The van der Waals surface area contributed by atoms with Crippen LogP contribution in [0.1, 0.15) is 88.7 Å². The van der Waals surface area contributed by atoms with Crippen LogP contribution in [0.3, 0.4) is 0 Å². The van der Waals surface area contributed by atoms with Gasteiger partial charge in [-0.25, -0.2) is 0 Å². The van der Waals surface area contributed by atoms with E-state index < -0.39 is 0 Å². The average Bonchev–Trinajstić information content (AvgIpc) is 2.92. The molecule has 2 heterocycles. The molecule has 1 aliphatic carbocycles. The van der Waals surface area contributed by atoms with E-state index in [-0.39, 0.29) is 6.04 Å². The average molecular weight is 493 g/mol. The summed E-state index contributed by atoms with van der Waals surface area (Å²) >= 11 is 0. The number of likely N-dealkylation sites (tertiary alicyclic amines) is 1. The first kappa shape index (κ1) is 27.0. The van der Waals surface area contributed by atoms with Crippen LogP contribution in [0.2, 0.25) is 0 Å². The Bertz CT molecular complexity index is 875. The van der Waals surface area contributed by atoms with Crippen LogP contribution in [0.4, 0.5) is 0 Å². The second kappa shape index (κ2) is 13.5. The predicted octanol–water partition coefficient (Wildman–Crippen LogP) is 6.93. The maximum absolute atomic E-state index is 10.9. The number of allylic oxidation sites excluding steroid dienone is 1. The SMILES string of the molecule is C=CC(CCC=O)N1CCc2ccc(OCC3CCCCN3C(=C)C(C)CC3CCCCC3)cc2C1. The highest BCUT2D eigenvalue weighted by atomic mass is 16.5. The van der Waals surface area contributed by atoms with Gasteiger partial charge >= 0.3 is 0 Å². The third kappa shape index (κ3) is 7.03. The first-order valence-corrected chi connectivity index (χ1v) is 14.6. The molecule has 0 bridgehead atoms. The number of carbonyl (C=O) groups is 1. The van der Waals surface area contributed by atoms with E-state index in [1.807, 2.05) is 6.08 Å². The molecule has 3 unspecified atom stereocenters. The summed E-state index contributed by atoms with van der Waals surface area (Å²) in [5.41, 5.74) is 4.10. The van der Waals surface area contributed by atoms with Crippen molar-refractivity contribution in [2.75, 3.05) is 19.7 Å². The molecule has 1 saturated carbocycles. The van der Waals surface area contributed by atoms with E-state index in [0.29, 0.717) is 18.4 Å². The summed E-state index contributed by atoms with van der Waals surface area (Å²) in [4.78, 5) is 15.9. The minimum atomic E-state index is 0.255. The molecule has 4 rings (SSSR count). The van der Waals surface area contributed by atoms with E-state index in [1.165, 1.54) is 74.6 Å². The van der Waals surface area contributed by atoms with Crippen LogP contribution in [-0.2, 0) is 17.8 Å². The fourth-order valence-corrected chi connectivity index (χ4v) is 6.70. The number of hydrogen-bond donors (Lipinski definition) is 0. The molecule has 1 saturated heterocycles. The molecule has 0 aromatic heterocycles. The lowest BCUT2D eigenvalue weighted by Crippen LogP contribution is -2.43. The standard InChI is InChI=1S/C32H48N2O2/c1-4-30(14-10-20-35)33-19-17-28-15-16-32(22-29(28)23-33)36-24-31-13-8-9-18-34(31)26(3)25(2)21-27-11-6-5-7-12-27/h4,15-16,20,22,25,27,30-31H,1,3,5-14,17-19,21,23-24H2,2H3. The molecule has 1 aromatic rings. The minimum absolute atomic E-state index is 0.255. The Morgan fingerprint density at radius 3 is 2.69 bits per heavy atom. The number of rotatable bonds is 12. The molecule has 36 heavy (non-hydrogen) atoms. The monoisotopic (exact) mass is 492 g/mol. The second-order valence-corrected chi connectivity index (χ2v) is 11.5. The van der Waals surface area contributed by atoms with Crippen LogP contribution in [0, 0.1) is 11.8 Å². The molecule has 198 valence electrons. The van der Waals surface area contributed by atoms with Crippen molar-refractivity contribution in [3.05, 3.63) is 54.3 Å². The minimum Gasteiger partial charge on any atom is -0.491 e. The first-order chi connectivity index (χ1) is 17.6. The Morgan fingerprint density at radius 2 is 1.92 bits per heavy atom. The van der Waals surface area contributed by atoms with E-state index >= 15 is 0 Å². The normalized spacial score (nSPS) is 22.9. The van der Waals surface area contributed by atoms with Gasteiger partial charge in [0.05, 0.1) is 6.04 Å². The summed E-state index contributed by atoms with van der Waals surface area (Å²) < 4.78 is 6.44. The Hall–Kier alpha value is -2.07. The lowest BCUT2D eigenvalue weighted by molar-refractivity contribution is -0.108. The van der Waals surface area contributed by atoms with Gasteiger partial charge in [-0.3, -0.25) is 4.90 Å². The van der Waals surface area contributed by atoms with Gasteiger partial charge in [-0.05, 0) is 73.6 Å². The van der Waals surface area contributed by atoms with Gasteiger partial charge in [-0.2, -0.15) is 0 Å². The molecule has 0 radical (unpaired) electrons. The molecule has 4 heteroatoms. The van der Waals surface area contributed by atoms with E-state index in [1.54, 1.807) is 0 Å². The van der Waals surface area contributed by atoms with Gasteiger partial charge in [0.25, 0.3) is 0 Å². The highest BCUT2D eigenvalue weighted by Gasteiger charge is 2.28. The third-order valence-corrected chi connectivity index (χ3v) is 8.96. The number of piperidine rings is 1. The molecule has 3 atom stereocenters. The third-order valence-electron chi connectivity index (χ3n) is 8.96. The first-order valence-electron chi connectivity index (χ1n) is 14.6. The zero-order valence-corrected chi connectivity index (χ0v) is 22.6. The van der Waals surface area contributed by atoms with Crippen molar-refractivity contribution in [3.8, 4) is 5.75 Å². The van der Waals surface area contributed by atoms with E-state index in [4.69, 9.17) is 4.74 Å². The van der Waals surface area contributed by atoms with Crippen molar-refractivity contribution in [1.29, 1.82) is 0 Å². The quantitative estimate of drug-likeness (QED) is 0.234. The molecule has 1 aromatic carbocycles. The summed E-state index contributed by atoms with van der Waals surface area (Å²) in [6, 6.07) is 7.32. The number of benzene rings is 1. The van der Waals surface area contributed by atoms with E-state index in [0.717, 1.165) is 57.0 Å². The molecule has 2 aliphatic heterocycles. The van der Waals surface area contributed by atoms with Crippen molar-refractivity contribution >= 4 is 6.29 Å². The van der Waals surface area contributed by atoms with E-state index in [2.05, 4.69) is 48.1 Å². The number of fused-ring (bicyclic) bond motifs is 1. The maximum atomic E-state index is 10.9. The van der Waals surface area contributed by atoms with Crippen LogP contribution in [0.5, 0.6) is 5.75 Å². The summed E-state index contributed by atoms with van der Waals surface area (Å²) in [7, 11) is 0. The molecule has 3 aliphatic rings. The predicted molar refractivity (Wildman–Crippen MR) is 149 cm³/mol. The molecule has 0 spiro atoms. The molecule has 4 nitrogen and oxygen atoms in total. The van der Waals surface area contributed by atoms with Crippen LogP contribution in [0.25, 0.3) is 0 Å². The van der Waals surface area contributed by atoms with Gasteiger partial charge in [0, 0.05) is 37.8 Å². The smallest absolute Gasteiger partial charge is 0.120 e. The van der Waals surface area contributed by atoms with Crippen molar-refractivity contribution in [1.82, 2.24) is 9.80 Å². The van der Waals surface area contributed by atoms with Gasteiger partial charge in [-0.1, -0.05) is 57.7 Å². The number of hydrogen-bond acceptors (Lipinski definition) is 4. The van der Waals surface area contributed by atoms with Crippen molar-refractivity contribution < 1.29 is 9.53 Å². The van der Waals surface area contributed by atoms with Crippen LogP contribution < -0.4 is 4.74 Å². The summed E-state index contributed by atoms with van der Waals surface area (Å²) in [6.45, 7) is 14.8. The van der Waals surface area contributed by atoms with Crippen molar-refractivity contribution in [3.63, 3.8) is 0 Å². The Morgan fingerprint density at radius 1 is 1.11 bits per heavy atom. The second-order valence-electron chi connectivity index (χ2n) is 11.5. The molecule has 0 amide bonds. The lowest BCUT2D eigenvalue weighted by Gasteiger charge is -2.41. The Labute approximate surface area is 219 Å². The van der Waals surface area contributed by atoms with Gasteiger partial charge in [0.1, 0.15) is 18.6 Å². The Balaban J connectivity index is 1.34. The van der Waals surface area contributed by atoms with Gasteiger partial charge < -0.3 is 14.4 Å². The summed E-state index contributed by atoms with van der Waals surface area (Å²) in [6.07, 6.45) is 17.6. The fraction of sp³-hybridized carbons (Fsp3) is 0.656. The molecule has 0 N–H and O–H groups in total. The van der Waals surface area contributed by atoms with Crippen molar-refractivity contribution in [2.24, 2.45) is 11.8 Å². The zero-order chi connectivity index (χ0) is 25.3. The highest BCUT2D eigenvalue weighted by Crippen LogP contribution is 2.34. The van der Waals surface area contributed by atoms with Gasteiger partial charge in [0.15, 0.2) is 0 Å². The maximum Gasteiger partial charge on any atom is 0.120 e. The van der Waals surface area contributed by atoms with Gasteiger partial charge in [-0.15, -0.1) is 6.58 Å². The fourth-order valence-electron chi connectivity index (χ4n) is 6.70. The van der Waals surface area contributed by atoms with Gasteiger partial charge in [0.2, 0.25) is 0 Å². The molecular formula is C32H48N2O2. The lowest BCUT2D eigenvalue weighted by atomic mass is 9.82. The Kier molecular flexibility index (Phi) is 10.1. The topological polar surface area (TPSA) is 32.8 Å². The molecule has 2 fully saturated rings. The number of aldehydes is 1. The van der Waals surface area contributed by atoms with Crippen LogP contribution in [0.15, 0.2) is 43.1 Å². The zero-order valence-electron chi connectivity index (χ0n) is 22.6. The number of nitrogens with zero attached hydrogens (tertiary/aromatic N) is 2. The van der Waals surface area contributed by atoms with Crippen molar-refractivity contribution in [2.45, 2.75) is 103 Å². The van der Waals surface area contributed by atoms with Crippen LogP contribution in [-0.4, -0.2) is 47.9 Å². The number of carbonyl (C=O) groups excluding carboxylic acids is 1. The van der Waals surface area contributed by atoms with Crippen LogP contribution >= 0.6 is 0 Å². The highest BCUT2D eigenvalue weighted by molar-refractivity contribution is 5.49. The summed E-state index contributed by atoms with van der Waals surface area (Å²) in [5, 5.41) is 0.